The Morgan fingerprint density at radius 3 is 2.70 bits per heavy atom. The van der Waals surface area contributed by atoms with E-state index in [4.69, 9.17) is 27.3 Å². The number of nitrogen functional groups attached to an aromatic ring is 1. The third kappa shape index (κ3) is 6.71. The Balaban J connectivity index is 1.30. The van der Waals surface area contributed by atoms with Crippen molar-refractivity contribution in [1.82, 2.24) is 39.8 Å². The van der Waals surface area contributed by atoms with Crippen LogP contribution >= 0.6 is 46.7 Å². The number of carbonyl (C=O) groups excluding carboxylic acids is 2. The molecule has 43 heavy (non-hydrogen) atoms. The van der Waals surface area contributed by atoms with Gasteiger partial charge in [-0.2, -0.15) is 9.36 Å². The van der Waals surface area contributed by atoms with Crippen LogP contribution in [0.1, 0.15) is 12.2 Å². The molecule has 3 aromatic rings. The number of aromatic nitrogens is 6. The molecule has 0 aliphatic carbocycles. The van der Waals surface area contributed by atoms with E-state index in [0.717, 1.165) is 28.2 Å². The minimum absolute atomic E-state index is 0.0390. The lowest BCUT2D eigenvalue weighted by Crippen LogP contribution is -2.71. The van der Waals surface area contributed by atoms with Gasteiger partial charge in [0.25, 0.3) is 11.8 Å². The number of hydrogen-bond acceptors (Lipinski definition) is 15. The Bertz CT molecular complexity index is 1640. The van der Waals surface area contributed by atoms with Crippen LogP contribution in [0.3, 0.4) is 0 Å². The first-order valence-corrected chi connectivity index (χ1v) is 15.2. The van der Waals surface area contributed by atoms with Crippen LogP contribution in [0.15, 0.2) is 45.8 Å². The second-order valence-corrected chi connectivity index (χ2v) is 11.9. The number of benzene rings is 1. The number of anilines is 1. The number of aryl methyl sites for hydroxylation is 1. The molecule has 0 spiro atoms. The topological polar surface area (TPSA) is 241 Å². The number of rotatable bonds is 12. The molecular weight excluding hydrogens is 648 g/mol. The molecule has 1 fully saturated rings. The van der Waals surface area contributed by atoms with Gasteiger partial charge in [-0.15, -0.1) is 16.9 Å². The number of nitrogens with one attached hydrogen (secondary N) is 1. The van der Waals surface area contributed by atoms with Gasteiger partial charge in [-0.25, -0.2) is 9.48 Å². The molecule has 2 aromatic heterocycles. The van der Waals surface area contributed by atoms with Gasteiger partial charge in [0.1, 0.15) is 17.1 Å². The number of carbonyl (C=O) groups is 4. The normalized spacial score (nSPS) is 18.2. The van der Waals surface area contributed by atoms with Gasteiger partial charge < -0.3 is 26.1 Å². The van der Waals surface area contributed by atoms with Crippen molar-refractivity contribution in [2.45, 2.75) is 29.5 Å². The van der Waals surface area contributed by atoms with Gasteiger partial charge >= 0.3 is 11.9 Å². The maximum atomic E-state index is 13.3. The maximum absolute atomic E-state index is 13.3. The van der Waals surface area contributed by atoms with Crippen LogP contribution in [0, 0.1) is 0 Å². The highest BCUT2D eigenvalue weighted by atomic mass is 35.5. The second kappa shape index (κ2) is 12.9. The molecule has 2 aliphatic rings. The average Bonchev–Trinajstić information content (AvgIpc) is 3.62. The minimum Gasteiger partial charge on any atom is -0.481 e. The predicted octanol–water partition coefficient (Wildman–Crippen LogP) is 0.549. The zero-order chi connectivity index (χ0) is 30.7. The van der Waals surface area contributed by atoms with Gasteiger partial charge in [-0.05, 0) is 40.3 Å². The zero-order valence-electron chi connectivity index (χ0n) is 21.5. The number of fused-ring (bicyclic) bond motifs is 1. The van der Waals surface area contributed by atoms with Crippen molar-refractivity contribution in [3.05, 3.63) is 46.4 Å². The van der Waals surface area contributed by atoms with Crippen LogP contribution in [0.2, 0.25) is 5.02 Å². The molecule has 21 heteroatoms. The van der Waals surface area contributed by atoms with E-state index >= 15 is 0 Å². The molecule has 0 radical (unpaired) electrons. The van der Waals surface area contributed by atoms with Crippen molar-refractivity contribution in [3.8, 4) is 5.75 Å². The van der Waals surface area contributed by atoms with E-state index in [1.54, 1.807) is 12.1 Å². The van der Waals surface area contributed by atoms with Crippen LogP contribution in [-0.4, -0.2) is 97.1 Å². The van der Waals surface area contributed by atoms with Crippen molar-refractivity contribution in [1.29, 1.82) is 0 Å². The van der Waals surface area contributed by atoms with Gasteiger partial charge in [-0.3, -0.25) is 19.3 Å². The summed E-state index contributed by atoms with van der Waals surface area (Å²) in [5, 5.41) is 36.6. The SMILES string of the molecule is Nc1nc(/C(=N\Oc2ccc(Cl)cc2)C(=O)NC2C(=O)N3C(C(=O)O)=C(CSc4nnnn4CCC(=O)O)CSC23)ns1. The predicted molar refractivity (Wildman–Crippen MR) is 153 cm³/mol. The first-order valence-electron chi connectivity index (χ1n) is 12.0. The average molecular weight is 667 g/mol. The number of β-lactam (4-membered cyclic amide) rings is 1. The third-order valence-corrected chi connectivity index (χ3v) is 9.05. The number of oxime groups is 1. The Morgan fingerprint density at radius 2 is 2.02 bits per heavy atom. The fourth-order valence-corrected chi connectivity index (χ4v) is 6.86. The summed E-state index contributed by atoms with van der Waals surface area (Å²) in [5.41, 5.74) is 5.56. The van der Waals surface area contributed by atoms with Gasteiger partial charge in [0, 0.05) is 28.1 Å². The highest BCUT2D eigenvalue weighted by molar-refractivity contribution is 8.01. The monoisotopic (exact) mass is 666 g/mol. The third-order valence-electron chi connectivity index (χ3n) is 5.87. The standard InChI is InChI=1S/C22H19ClN10O7S3/c23-10-1-3-11(4-2-10)40-28-13(16-26-21(24)43-29-16)17(36)25-14-18(37)33-15(20(38)39)9(7-41-19(14)33)8-42-22-27-30-31-32(22)6-5-12(34)35/h1-4,14,19H,5-8H2,(H,25,36)(H,34,35)(H,38,39)(H2,24,26,29)/b28-13+. The number of carboxylic acid groups (broad SMARTS) is 2. The fourth-order valence-electron chi connectivity index (χ4n) is 3.91. The van der Waals surface area contributed by atoms with Crippen molar-refractivity contribution in [3.63, 3.8) is 0 Å². The summed E-state index contributed by atoms with van der Waals surface area (Å²) in [4.78, 5) is 60.0. The molecule has 2 atom stereocenters. The van der Waals surface area contributed by atoms with E-state index < -0.39 is 35.2 Å². The van der Waals surface area contributed by atoms with Crippen LogP contribution in [0.25, 0.3) is 0 Å². The van der Waals surface area contributed by atoms with Gasteiger partial charge in [0.2, 0.25) is 16.7 Å². The van der Waals surface area contributed by atoms with Crippen molar-refractivity contribution in [2.24, 2.45) is 5.16 Å². The Labute approximate surface area is 258 Å². The lowest BCUT2D eigenvalue weighted by molar-refractivity contribution is -0.150. The molecule has 2 amide bonds. The summed E-state index contributed by atoms with van der Waals surface area (Å²) in [6, 6.07) is 5.12. The largest absolute Gasteiger partial charge is 0.481 e. The number of hydrogen-bond donors (Lipinski definition) is 4. The number of halogens is 1. The lowest BCUT2D eigenvalue weighted by Gasteiger charge is -2.49. The summed E-state index contributed by atoms with van der Waals surface area (Å²) in [5.74, 6) is -3.29. The van der Waals surface area contributed by atoms with E-state index in [2.05, 4.69) is 35.4 Å². The molecule has 2 aliphatic heterocycles. The van der Waals surface area contributed by atoms with Crippen molar-refractivity contribution >= 4 is 81.3 Å². The van der Waals surface area contributed by atoms with E-state index in [1.165, 1.54) is 28.6 Å². The van der Waals surface area contributed by atoms with Crippen LogP contribution in [0.5, 0.6) is 5.75 Å². The quantitative estimate of drug-likeness (QED) is 0.0892. The lowest BCUT2D eigenvalue weighted by atomic mass is 10.0. The maximum Gasteiger partial charge on any atom is 0.352 e. The molecule has 1 saturated heterocycles. The van der Waals surface area contributed by atoms with Crippen LogP contribution < -0.4 is 15.9 Å². The summed E-state index contributed by atoms with van der Waals surface area (Å²) in [6.07, 6.45) is -0.194. The van der Waals surface area contributed by atoms with Crippen molar-refractivity contribution in [2.75, 3.05) is 17.2 Å². The number of thioether (sulfide) groups is 2. The zero-order valence-corrected chi connectivity index (χ0v) is 24.7. The van der Waals surface area contributed by atoms with E-state index in [9.17, 15) is 24.3 Å². The van der Waals surface area contributed by atoms with Gasteiger partial charge in [-0.1, -0.05) is 28.5 Å². The fraction of sp³-hybridized carbons (Fsp3) is 0.273. The number of aliphatic carboxylic acids is 2. The summed E-state index contributed by atoms with van der Waals surface area (Å²) in [7, 11) is 0. The molecule has 0 bridgehead atoms. The minimum atomic E-state index is -1.31. The Morgan fingerprint density at radius 1 is 1.26 bits per heavy atom. The smallest absolute Gasteiger partial charge is 0.352 e. The molecular formula is C22H19ClN10O7S3. The van der Waals surface area contributed by atoms with Gasteiger partial charge in [0.15, 0.2) is 10.9 Å². The van der Waals surface area contributed by atoms with Gasteiger partial charge in [0.05, 0.1) is 13.0 Å². The number of tetrazole rings is 1. The Kier molecular flexibility index (Phi) is 9.08. The summed E-state index contributed by atoms with van der Waals surface area (Å²) < 4.78 is 5.31. The number of carboxylic acids is 2. The molecule has 4 heterocycles. The summed E-state index contributed by atoms with van der Waals surface area (Å²) in [6.45, 7) is 0.0390. The second-order valence-electron chi connectivity index (χ2n) is 8.68. The summed E-state index contributed by atoms with van der Waals surface area (Å²) >= 11 is 9.09. The van der Waals surface area contributed by atoms with E-state index in [0.29, 0.717) is 15.8 Å². The number of nitrogens with two attached hydrogens (primary N) is 1. The highest BCUT2D eigenvalue weighted by Crippen LogP contribution is 2.41. The Hall–Kier alpha value is -4.27. The molecule has 2 unspecified atom stereocenters. The number of nitrogens with zero attached hydrogens (tertiary/aromatic N) is 8. The molecule has 5 rings (SSSR count). The molecule has 224 valence electrons. The highest BCUT2D eigenvalue weighted by Gasteiger charge is 2.54. The molecule has 17 nitrogen and oxygen atoms in total. The van der Waals surface area contributed by atoms with Crippen LogP contribution in [0.4, 0.5) is 5.13 Å². The molecule has 0 saturated carbocycles. The van der Waals surface area contributed by atoms with E-state index in [1.807, 2.05) is 0 Å². The van der Waals surface area contributed by atoms with Crippen LogP contribution in [-0.2, 0) is 25.7 Å². The molecule has 1 aromatic carbocycles. The van der Waals surface area contributed by atoms with E-state index in [-0.39, 0.29) is 52.6 Å². The first-order chi connectivity index (χ1) is 20.6. The number of amides is 2. The van der Waals surface area contributed by atoms with Crippen molar-refractivity contribution < 1.29 is 34.2 Å². The first kappa shape index (κ1) is 30.2. The molecule has 5 N–H and O–H groups in total.